The van der Waals surface area contributed by atoms with Crippen LogP contribution in [0.3, 0.4) is 0 Å². The van der Waals surface area contributed by atoms with Crippen molar-refractivity contribution in [3.8, 4) is 28.6 Å². The number of carbonyl (C=O) groups is 4. The Bertz CT molecular complexity index is 2380. The van der Waals surface area contributed by atoms with E-state index in [0.717, 1.165) is 6.42 Å². The van der Waals surface area contributed by atoms with Crippen LogP contribution in [0.25, 0.3) is 22.0 Å². The lowest BCUT2D eigenvalue weighted by molar-refractivity contribution is -0.142. The lowest BCUT2D eigenvalue weighted by Gasteiger charge is -2.33. The molecule has 3 aromatic rings. The smallest absolute Gasteiger partial charge is 0.408 e. The molecular formula is C45H56FN5O10S. The zero-order valence-corrected chi connectivity index (χ0v) is 37.0. The number of amides is 4. The van der Waals surface area contributed by atoms with Gasteiger partial charge < -0.3 is 34.5 Å². The van der Waals surface area contributed by atoms with Gasteiger partial charge in [0.25, 0.3) is 5.91 Å². The van der Waals surface area contributed by atoms with Crippen LogP contribution >= 0.6 is 0 Å². The maximum absolute atomic E-state index is 15.0. The molecule has 3 heterocycles. The fraction of sp³-hybridized carbons (Fsp3) is 0.533. The highest BCUT2D eigenvalue weighted by molar-refractivity contribution is 7.91. The second kappa shape index (κ2) is 17.4. The molecule has 7 atom stereocenters. The molecule has 15 nitrogen and oxygen atoms in total. The molecule has 1 saturated heterocycles. The number of rotatable bonds is 9. The zero-order chi connectivity index (χ0) is 44.7. The number of nitrogens with one attached hydrogen (secondary N) is 3. The van der Waals surface area contributed by atoms with Gasteiger partial charge in [0.2, 0.25) is 27.7 Å². The van der Waals surface area contributed by atoms with E-state index in [1.165, 1.54) is 31.3 Å². The first-order valence-corrected chi connectivity index (χ1v) is 22.7. The molecule has 7 rings (SSSR count). The maximum atomic E-state index is 15.0. The molecule has 3 fully saturated rings. The quantitative estimate of drug-likeness (QED) is 0.221. The summed E-state index contributed by atoms with van der Waals surface area (Å²) >= 11 is 0. The van der Waals surface area contributed by atoms with Gasteiger partial charge in [-0.15, -0.1) is 0 Å². The van der Waals surface area contributed by atoms with Crippen LogP contribution in [-0.4, -0.2) is 97.5 Å². The predicted molar refractivity (Wildman–Crippen MR) is 228 cm³/mol. The molecule has 2 aromatic carbocycles. The molecule has 17 heteroatoms. The summed E-state index contributed by atoms with van der Waals surface area (Å²) < 4.78 is 66.0. The van der Waals surface area contributed by atoms with E-state index in [9.17, 15) is 32.0 Å². The number of nitrogens with zero attached hydrogens (tertiary/aromatic N) is 2. The highest BCUT2D eigenvalue weighted by Gasteiger charge is 2.62. The maximum Gasteiger partial charge on any atom is 0.408 e. The van der Waals surface area contributed by atoms with Crippen LogP contribution in [0.4, 0.5) is 9.18 Å². The summed E-state index contributed by atoms with van der Waals surface area (Å²) in [6, 6.07) is 9.19. The molecule has 2 aliphatic carbocycles. The Balaban J connectivity index is 1.27. The Morgan fingerprint density at radius 1 is 1.00 bits per heavy atom. The third-order valence-corrected chi connectivity index (χ3v) is 13.8. The highest BCUT2D eigenvalue weighted by atomic mass is 32.2. The monoisotopic (exact) mass is 877 g/mol. The SMILES string of the molecule is COc1ccc2c(O[C@@H]3C[C@H]4C(=O)N[C@]5(C(=O)NS(=O)(=O)C6CC6)CC5/C=C\CC[C@@H](C)C[C@@H](C)[C@H](NC(=O)OC(C)(C)C)C(=O)N4C3)nc(-c3ccc(OC)c(F)c3)cc2c1. The molecule has 2 aliphatic heterocycles. The second-order valence-corrected chi connectivity index (χ2v) is 20.1. The number of aromatic nitrogens is 1. The van der Waals surface area contributed by atoms with Crippen molar-refractivity contribution in [2.75, 3.05) is 20.8 Å². The van der Waals surface area contributed by atoms with Gasteiger partial charge in [-0.25, -0.2) is 22.6 Å². The molecule has 1 unspecified atom stereocenters. The first kappa shape index (κ1) is 44.6. The Labute approximate surface area is 361 Å². The molecule has 62 heavy (non-hydrogen) atoms. The Kier molecular flexibility index (Phi) is 12.5. The number of alkyl carbamates (subject to hydrolysis) is 1. The average molecular weight is 878 g/mol. The minimum Gasteiger partial charge on any atom is -0.497 e. The zero-order valence-electron chi connectivity index (χ0n) is 36.2. The molecule has 4 aliphatic rings. The molecule has 334 valence electrons. The van der Waals surface area contributed by atoms with Crippen molar-refractivity contribution in [2.45, 2.75) is 114 Å². The van der Waals surface area contributed by atoms with E-state index in [1.54, 1.807) is 51.1 Å². The number of halogens is 1. The predicted octanol–water partition coefficient (Wildman–Crippen LogP) is 5.80. The topological polar surface area (TPSA) is 192 Å². The molecule has 0 bridgehead atoms. The van der Waals surface area contributed by atoms with Gasteiger partial charge in [-0.3, -0.25) is 19.1 Å². The summed E-state index contributed by atoms with van der Waals surface area (Å²) in [5, 5.41) is 6.26. The van der Waals surface area contributed by atoms with Crippen molar-refractivity contribution in [3.63, 3.8) is 0 Å². The van der Waals surface area contributed by atoms with Crippen LogP contribution in [0.2, 0.25) is 0 Å². The lowest BCUT2D eigenvalue weighted by Crippen LogP contribution is -2.59. The van der Waals surface area contributed by atoms with Gasteiger partial charge in [0.05, 0.1) is 31.7 Å². The summed E-state index contributed by atoms with van der Waals surface area (Å²) in [6.45, 7) is 8.96. The van der Waals surface area contributed by atoms with E-state index < -0.39 is 86.1 Å². The number of sulfonamides is 1. The summed E-state index contributed by atoms with van der Waals surface area (Å²) in [6.07, 6.45) is 5.08. The van der Waals surface area contributed by atoms with Crippen LogP contribution in [0, 0.1) is 23.6 Å². The molecule has 2 saturated carbocycles. The minimum absolute atomic E-state index is 0.0548. The van der Waals surface area contributed by atoms with Crippen LogP contribution in [0.15, 0.2) is 54.6 Å². The van der Waals surface area contributed by atoms with E-state index in [4.69, 9.17) is 23.9 Å². The van der Waals surface area contributed by atoms with Crippen molar-refractivity contribution < 1.29 is 50.9 Å². The summed E-state index contributed by atoms with van der Waals surface area (Å²) in [5.41, 5.74) is -1.63. The van der Waals surface area contributed by atoms with Crippen molar-refractivity contribution in [2.24, 2.45) is 17.8 Å². The lowest BCUT2D eigenvalue weighted by atomic mass is 9.88. The Hall–Kier alpha value is -5.45. The number of pyridine rings is 1. The Morgan fingerprint density at radius 3 is 2.44 bits per heavy atom. The summed E-state index contributed by atoms with van der Waals surface area (Å²) in [4.78, 5) is 63.1. The first-order valence-electron chi connectivity index (χ1n) is 21.1. The second-order valence-electron chi connectivity index (χ2n) is 18.1. The number of allylic oxidation sites excluding steroid dienone is 1. The van der Waals surface area contributed by atoms with Crippen molar-refractivity contribution >= 4 is 44.6 Å². The van der Waals surface area contributed by atoms with Crippen LogP contribution in [0.1, 0.15) is 79.6 Å². The van der Waals surface area contributed by atoms with E-state index >= 15 is 0 Å². The van der Waals surface area contributed by atoms with Gasteiger partial charge in [0.1, 0.15) is 35.1 Å². The molecular weight excluding hydrogens is 822 g/mol. The molecule has 0 spiro atoms. The van der Waals surface area contributed by atoms with Gasteiger partial charge >= 0.3 is 6.09 Å². The standard InChI is InChI=1S/C45H56FN5O10S/c1-25-10-8-9-11-29-23-45(29,42(54)50-62(56,57)32-14-15-32)49-39(52)36-22-31(24-51(36)41(53)38(26(2)18-25)48-43(55)61-44(3,4)5)60-40-33-16-13-30(58-6)19-28(33)21-35(47-40)27-12-17-37(59-7)34(46)20-27/h9,11-13,16-17,19-21,25-26,29,31-32,36,38H,8,10,14-15,18,22-24H2,1-7H3,(H,48,55)(H,49,52)(H,50,54)/b11-9-/t25-,26-,29?,31-,36+,38+,45-/m1/s1. The van der Waals surface area contributed by atoms with Crippen LogP contribution in [0.5, 0.6) is 17.4 Å². The minimum atomic E-state index is -3.95. The molecule has 1 aromatic heterocycles. The fourth-order valence-corrected chi connectivity index (χ4v) is 9.85. The van der Waals surface area contributed by atoms with Crippen molar-refractivity contribution in [3.05, 3.63) is 60.4 Å². The van der Waals surface area contributed by atoms with Crippen LogP contribution in [-0.2, 0) is 29.1 Å². The first-order chi connectivity index (χ1) is 29.3. The van der Waals surface area contributed by atoms with Crippen molar-refractivity contribution in [1.82, 2.24) is 25.2 Å². The number of methoxy groups -OCH3 is 2. The number of ether oxygens (including phenoxy) is 4. The van der Waals surface area contributed by atoms with Gasteiger partial charge in [-0.05, 0) is 119 Å². The van der Waals surface area contributed by atoms with Crippen LogP contribution < -0.4 is 29.6 Å². The summed E-state index contributed by atoms with van der Waals surface area (Å²) in [5.74, 6) is -2.67. The largest absolute Gasteiger partial charge is 0.497 e. The number of hydrogen-bond acceptors (Lipinski definition) is 11. The number of benzene rings is 2. The van der Waals surface area contributed by atoms with Gasteiger partial charge in [0, 0.05) is 23.3 Å². The number of hydrogen-bond donors (Lipinski definition) is 3. The normalized spacial score (nSPS) is 27.4. The highest BCUT2D eigenvalue weighted by Crippen LogP contribution is 2.46. The number of fused-ring (bicyclic) bond motifs is 3. The van der Waals surface area contributed by atoms with Gasteiger partial charge in [-0.2, -0.15) is 0 Å². The fourth-order valence-electron chi connectivity index (χ4n) is 8.48. The average Bonchev–Trinajstić information content (AvgIpc) is 4.14. The van der Waals surface area contributed by atoms with E-state index in [2.05, 4.69) is 22.3 Å². The van der Waals surface area contributed by atoms with Gasteiger partial charge in [0.15, 0.2) is 11.6 Å². The third-order valence-electron chi connectivity index (χ3n) is 12.0. The summed E-state index contributed by atoms with van der Waals surface area (Å²) in [7, 11) is -1.04. The van der Waals surface area contributed by atoms with Crippen molar-refractivity contribution in [1.29, 1.82) is 0 Å². The van der Waals surface area contributed by atoms with E-state index in [-0.39, 0.29) is 36.9 Å². The van der Waals surface area contributed by atoms with Gasteiger partial charge in [-0.1, -0.05) is 26.0 Å². The third kappa shape index (κ3) is 9.77. The molecule has 0 radical (unpaired) electrons. The van der Waals surface area contributed by atoms with E-state index in [1.807, 2.05) is 19.1 Å². The van der Waals surface area contributed by atoms with E-state index in [0.29, 0.717) is 53.5 Å². The Morgan fingerprint density at radius 2 is 1.76 bits per heavy atom. The number of carbonyl (C=O) groups excluding carboxylic acids is 4. The molecule has 3 N–H and O–H groups in total. The molecule has 4 amide bonds.